The number of ether oxygens (including phenoxy) is 1. The van der Waals surface area contributed by atoms with Crippen molar-refractivity contribution >= 4 is 12.4 Å². The third-order valence-electron chi connectivity index (χ3n) is 3.06. The Morgan fingerprint density at radius 2 is 1.89 bits per heavy atom. The van der Waals surface area contributed by atoms with Crippen molar-refractivity contribution in [2.75, 3.05) is 7.11 Å². The van der Waals surface area contributed by atoms with Crippen molar-refractivity contribution in [2.45, 2.75) is 38.8 Å². The summed E-state index contributed by atoms with van der Waals surface area (Å²) >= 11 is 0. The van der Waals surface area contributed by atoms with E-state index in [1.54, 1.807) is 18.2 Å². The summed E-state index contributed by atoms with van der Waals surface area (Å²) in [5, 5.41) is 20.0. The Hall–Kier alpha value is -0.970. The van der Waals surface area contributed by atoms with Gasteiger partial charge < -0.3 is 20.7 Å². The summed E-state index contributed by atoms with van der Waals surface area (Å²) in [6.07, 6.45) is 0.861. The van der Waals surface area contributed by atoms with Crippen LogP contribution in [-0.4, -0.2) is 23.4 Å². The molecular weight excluding hydrogens is 266 g/mol. The van der Waals surface area contributed by atoms with Gasteiger partial charge in [0.1, 0.15) is 0 Å². The van der Waals surface area contributed by atoms with E-state index in [9.17, 15) is 10.2 Å². The van der Waals surface area contributed by atoms with Crippen LogP contribution < -0.4 is 10.5 Å². The van der Waals surface area contributed by atoms with Gasteiger partial charge in [-0.3, -0.25) is 0 Å². The van der Waals surface area contributed by atoms with E-state index in [0.29, 0.717) is 23.7 Å². The number of benzene rings is 1. The van der Waals surface area contributed by atoms with Gasteiger partial charge in [0, 0.05) is 5.56 Å². The van der Waals surface area contributed by atoms with Gasteiger partial charge in [-0.15, -0.1) is 12.4 Å². The highest BCUT2D eigenvalue weighted by molar-refractivity contribution is 5.85. The molecule has 4 N–H and O–H groups in total. The number of phenols is 1. The number of rotatable bonds is 6. The van der Waals surface area contributed by atoms with E-state index in [1.165, 1.54) is 7.11 Å². The molecule has 19 heavy (non-hydrogen) atoms. The molecule has 0 aromatic heterocycles. The fourth-order valence-corrected chi connectivity index (χ4v) is 1.86. The van der Waals surface area contributed by atoms with Gasteiger partial charge in [0.25, 0.3) is 0 Å². The lowest BCUT2D eigenvalue weighted by atomic mass is 9.95. The summed E-state index contributed by atoms with van der Waals surface area (Å²) in [7, 11) is 1.49. The zero-order valence-electron chi connectivity index (χ0n) is 11.7. The lowest BCUT2D eigenvalue weighted by molar-refractivity contribution is 0.127. The van der Waals surface area contributed by atoms with Crippen LogP contribution in [-0.2, 0) is 0 Å². The number of methoxy groups -OCH3 is 1. The second-order valence-corrected chi connectivity index (χ2v) is 4.96. The predicted octanol–water partition coefficient (Wildman–Crippen LogP) is 2.62. The maximum atomic E-state index is 10.0. The van der Waals surface area contributed by atoms with E-state index in [0.717, 1.165) is 6.42 Å². The van der Waals surface area contributed by atoms with Gasteiger partial charge >= 0.3 is 0 Å². The van der Waals surface area contributed by atoms with Crippen molar-refractivity contribution in [3.8, 4) is 11.5 Å². The largest absolute Gasteiger partial charge is 0.504 e. The van der Waals surface area contributed by atoms with Crippen LogP contribution in [0.25, 0.3) is 0 Å². The maximum absolute atomic E-state index is 10.0. The highest BCUT2D eigenvalue weighted by Crippen LogP contribution is 2.34. The molecule has 1 aromatic rings. The van der Waals surface area contributed by atoms with Crippen LogP contribution in [0.5, 0.6) is 11.5 Å². The minimum absolute atomic E-state index is 0. The minimum atomic E-state index is -0.662. The lowest BCUT2D eigenvalue weighted by Crippen LogP contribution is -2.26. The van der Waals surface area contributed by atoms with Gasteiger partial charge in [-0.25, -0.2) is 0 Å². The molecule has 0 aliphatic rings. The van der Waals surface area contributed by atoms with E-state index < -0.39 is 12.1 Å². The molecule has 0 saturated carbocycles. The first-order valence-corrected chi connectivity index (χ1v) is 6.26. The van der Waals surface area contributed by atoms with Crippen molar-refractivity contribution < 1.29 is 14.9 Å². The number of aliphatic hydroxyl groups is 1. The molecule has 0 saturated heterocycles. The monoisotopic (exact) mass is 289 g/mol. The molecule has 1 aromatic carbocycles. The molecule has 0 spiro atoms. The first kappa shape index (κ1) is 18.0. The van der Waals surface area contributed by atoms with Gasteiger partial charge in [-0.2, -0.15) is 0 Å². The molecule has 0 heterocycles. The topological polar surface area (TPSA) is 75.7 Å². The number of hydrogen-bond donors (Lipinski definition) is 3. The lowest BCUT2D eigenvalue weighted by Gasteiger charge is -2.21. The van der Waals surface area contributed by atoms with Crippen molar-refractivity contribution in [3.63, 3.8) is 0 Å². The highest BCUT2D eigenvalue weighted by atomic mass is 35.5. The molecule has 0 aliphatic carbocycles. The van der Waals surface area contributed by atoms with Crippen LogP contribution >= 0.6 is 12.4 Å². The van der Waals surface area contributed by atoms with E-state index in [2.05, 4.69) is 13.8 Å². The third-order valence-corrected chi connectivity index (χ3v) is 3.06. The zero-order valence-corrected chi connectivity index (χ0v) is 12.5. The highest BCUT2D eigenvalue weighted by Gasteiger charge is 2.21. The Kier molecular flexibility index (Phi) is 7.83. The fraction of sp³-hybridized carbons (Fsp3) is 0.571. The Morgan fingerprint density at radius 1 is 1.26 bits per heavy atom. The molecule has 4 nitrogen and oxygen atoms in total. The number of phenolic OH excluding ortho intramolecular Hbond substituents is 1. The van der Waals surface area contributed by atoms with Crippen molar-refractivity contribution in [1.82, 2.24) is 0 Å². The first-order valence-electron chi connectivity index (χ1n) is 6.26. The van der Waals surface area contributed by atoms with E-state index in [-0.39, 0.29) is 18.2 Å². The molecule has 0 aliphatic heterocycles. The van der Waals surface area contributed by atoms with E-state index in [4.69, 9.17) is 10.5 Å². The second-order valence-electron chi connectivity index (χ2n) is 4.96. The quantitative estimate of drug-likeness (QED) is 0.752. The molecule has 2 atom stereocenters. The van der Waals surface area contributed by atoms with Gasteiger partial charge in [-0.05, 0) is 24.8 Å². The van der Waals surface area contributed by atoms with Crippen LogP contribution in [0.4, 0.5) is 0 Å². The molecule has 0 fully saturated rings. The first-order chi connectivity index (χ1) is 8.47. The SMILES string of the molecule is COc1cccc([C@@H](N)[C@@H](O)CCC(C)C)c1O.Cl. The molecule has 0 unspecified atom stereocenters. The third kappa shape index (κ3) is 4.90. The van der Waals surface area contributed by atoms with Crippen LogP contribution in [0.1, 0.15) is 38.3 Å². The van der Waals surface area contributed by atoms with Gasteiger partial charge in [0.2, 0.25) is 0 Å². The average Bonchev–Trinajstić information content (AvgIpc) is 2.35. The van der Waals surface area contributed by atoms with Crippen LogP contribution in [0.2, 0.25) is 0 Å². The van der Waals surface area contributed by atoms with Crippen LogP contribution in [0, 0.1) is 5.92 Å². The number of para-hydroxylation sites is 1. The molecule has 5 heteroatoms. The van der Waals surface area contributed by atoms with E-state index >= 15 is 0 Å². The summed E-state index contributed by atoms with van der Waals surface area (Å²) in [6.45, 7) is 4.20. The Balaban J connectivity index is 0.00000324. The summed E-state index contributed by atoms with van der Waals surface area (Å²) < 4.78 is 5.03. The average molecular weight is 290 g/mol. The van der Waals surface area contributed by atoms with Crippen molar-refractivity contribution in [1.29, 1.82) is 0 Å². The fourth-order valence-electron chi connectivity index (χ4n) is 1.86. The summed E-state index contributed by atoms with van der Waals surface area (Å²) in [5.74, 6) is 0.904. The number of halogens is 1. The summed E-state index contributed by atoms with van der Waals surface area (Å²) in [5.41, 5.74) is 6.50. The molecule has 1 rings (SSSR count). The number of hydrogen-bond acceptors (Lipinski definition) is 4. The number of nitrogens with two attached hydrogens (primary N) is 1. The van der Waals surface area contributed by atoms with Crippen LogP contribution in [0.15, 0.2) is 18.2 Å². The van der Waals surface area contributed by atoms with Crippen molar-refractivity contribution in [2.24, 2.45) is 11.7 Å². The number of aromatic hydroxyl groups is 1. The molecule has 110 valence electrons. The molecule has 0 amide bonds. The van der Waals surface area contributed by atoms with Crippen LogP contribution in [0.3, 0.4) is 0 Å². The van der Waals surface area contributed by atoms with Crippen molar-refractivity contribution in [3.05, 3.63) is 23.8 Å². The number of aliphatic hydroxyl groups excluding tert-OH is 1. The smallest absolute Gasteiger partial charge is 0.162 e. The molecule has 0 bridgehead atoms. The van der Waals surface area contributed by atoms with Gasteiger partial charge in [-0.1, -0.05) is 26.0 Å². The minimum Gasteiger partial charge on any atom is -0.504 e. The normalized spacial score (nSPS) is 13.8. The van der Waals surface area contributed by atoms with Gasteiger partial charge in [0.05, 0.1) is 19.3 Å². The second kappa shape index (κ2) is 8.25. The molecule has 0 radical (unpaired) electrons. The predicted molar refractivity (Wildman–Crippen MR) is 78.9 cm³/mol. The van der Waals surface area contributed by atoms with E-state index in [1.807, 2.05) is 0 Å². The summed E-state index contributed by atoms with van der Waals surface area (Å²) in [6, 6.07) is 4.52. The van der Waals surface area contributed by atoms with Gasteiger partial charge in [0.15, 0.2) is 11.5 Å². The standard InChI is InChI=1S/C14H23NO3.ClH/c1-9(2)7-8-11(16)13(15)10-5-4-6-12(18-3)14(10)17;/h4-6,9,11,13,16-17H,7-8,15H2,1-3H3;1H/t11-,13+;/m0./s1. The Labute approximate surface area is 121 Å². The zero-order chi connectivity index (χ0) is 13.7. The molecular formula is C14H24ClNO3. The Bertz CT molecular complexity index is 385. The summed E-state index contributed by atoms with van der Waals surface area (Å²) in [4.78, 5) is 0. The maximum Gasteiger partial charge on any atom is 0.162 e. The Morgan fingerprint density at radius 3 is 2.42 bits per heavy atom.